The largest absolute Gasteiger partial charge is 0.313 e. The second-order valence-electron chi connectivity index (χ2n) is 3.75. The van der Waals surface area contributed by atoms with Gasteiger partial charge in [0.25, 0.3) is 0 Å². The Morgan fingerprint density at radius 1 is 1.15 bits per heavy atom. The first kappa shape index (κ1) is 12.9. The van der Waals surface area contributed by atoms with E-state index in [1.807, 2.05) is 0 Å². The number of nitrogens with one attached hydrogen (secondary N) is 1. The maximum Gasteiger partial charge on any atom is 0.0166 e. The zero-order valence-electron chi connectivity index (χ0n) is 9.77. The Kier molecular flexibility index (Phi) is 8.46. The van der Waals surface area contributed by atoms with Crippen molar-refractivity contribution in [2.45, 2.75) is 46.6 Å². The molecule has 80 valence electrons. The van der Waals surface area contributed by atoms with Gasteiger partial charge in [0.15, 0.2) is 0 Å². The molecule has 0 aromatic rings. The third-order valence-corrected chi connectivity index (χ3v) is 2.26. The molecule has 1 atom stereocenters. The molecule has 0 aromatic carbocycles. The minimum atomic E-state index is 0.631. The van der Waals surface area contributed by atoms with Crippen LogP contribution in [0.2, 0.25) is 0 Å². The van der Waals surface area contributed by atoms with Gasteiger partial charge >= 0.3 is 0 Å². The SMILES string of the molecule is CCCNC(C)CN(CC)CCC. The van der Waals surface area contributed by atoms with Gasteiger partial charge in [-0.1, -0.05) is 20.8 Å². The van der Waals surface area contributed by atoms with Crippen LogP contribution in [0.4, 0.5) is 0 Å². The highest BCUT2D eigenvalue weighted by molar-refractivity contribution is 4.66. The van der Waals surface area contributed by atoms with E-state index in [0.717, 1.165) is 6.54 Å². The van der Waals surface area contributed by atoms with Crippen LogP contribution in [-0.4, -0.2) is 37.1 Å². The van der Waals surface area contributed by atoms with E-state index in [1.54, 1.807) is 0 Å². The summed E-state index contributed by atoms with van der Waals surface area (Å²) in [7, 11) is 0. The molecule has 2 nitrogen and oxygen atoms in total. The number of hydrogen-bond acceptors (Lipinski definition) is 2. The average molecular weight is 186 g/mol. The van der Waals surface area contributed by atoms with Crippen molar-refractivity contribution in [3.63, 3.8) is 0 Å². The van der Waals surface area contributed by atoms with E-state index in [4.69, 9.17) is 0 Å². The quantitative estimate of drug-likeness (QED) is 0.624. The van der Waals surface area contributed by atoms with Crippen molar-refractivity contribution in [3.05, 3.63) is 0 Å². The van der Waals surface area contributed by atoms with E-state index in [1.165, 1.54) is 32.5 Å². The predicted molar refractivity (Wildman–Crippen MR) is 60.2 cm³/mol. The Labute approximate surface area is 83.7 Å². The molecule has 0 amide bonds. The van der Waals surface area contributed by atoms with Crippen molar-refractivity contribution in [3.8, 4) is 0 Å². The normalized spacial score (nSPS) is 13.6. The molecule has 0 saturated carbocycles. The summed E-state index contributed by atoms with van der Waals surface area (Å²) in [6, 6.07) is 0.631. The molecule has 0 aliphatic rings. The Morgan fingerprint density at radius 2 is 1.85 bits per heavy atom. The van der Waals surface area contributed by atoms with Crippen LogP contribution in [-0.2, 0) is 0 Å². The van der Waals surface area contributed by atoms with Crippen LogP contribution in [0.5, 0.6) is 0 Å². The second-order valence-corrected chi connectivity index (χ2v) is 3.75. The van der Waals surface area contributed by atoms with Gasteiger partial charge in [-0.2, -0.15) is 0 Å². The van der Waals surface area contributed by atoms with Gasteiger partial charge in [-0.15, -0.1) is 0 Å². The highest BCUT2D eigenvalue weighted by atomic mass is 15.1. The number of hydrogen-bond donors (Lipinski definition) is 1. The summed E-state index contributed by atoms with van der Waals surface area (Å²) in [4.78, 5) is 2.51. The smallest absolute Gasteiger partial charge is 0.0166 e. The third kappa shape index (κ3) is 7.03. The van der Waals surface area contributed by atoms with Crippen LogP contribution in [0.15, 0.2) is 0 Å². The number of nitrogens with zero attached hydrogens (tertiary/aromatic N) is 1. The van der Waals surface area contributed by atoms with E-state index in [2.05, 4.69) is 37.9 Å². The molecule has 0 aliphatic carbocycles. The summed E-state index contributed by atoms with van der Waals surface area (Å²) in [5.74, 6) is 0. The summed E-state index contributed by atoms with van der Waals surface area (Å²) >= 11 is 0. The molecular weight excluding hydrogens is 160 g/mol. The van der Waals surface area contributed by atoms with Crippen molar-refractivity contribution in [1.82, 2.24) is 10.2 Å². The van der Waals surface area contributed by atoms with Crippen LogP contribution < -0.4 is 5.32 Å². The van der Waals surface area contributed by atoms with E-state index in [0.29, 0.717) is 6.04 Å². The monoisotopic (exact) mass is 186 g/mol. The first-order valence-electron chi connectivity index (χ1n) is 5.70. The lowest BCUT2D eigenvalue weighted by molar-refractivity contribution is 0.259. The summed E-state index contributed by atoms with van der Waals surface area (Å²) in [6.07, 6.45) is 2.48. The highest BCUT2D eigenvalue weighted by Gasteiger charge is 2.05. The van der Waals surface area contributed by atoms with E-state index < -0.39 is 0 Å². The molecule has 0 bridgehead atoms. The van der Waals surface area contributed by atoms with Gasteiger partial charge in [-0.3, -0.25) is 0 Å². The van der Waals surface area contributed by atoms with Crippen LogP contribution in [0.3, 0.4) is 0 Å². The first-order chi connectivity index (χ1) is 6.24. The van der Waals surface area contributed by atoms with Gasteiger partial charge in [0, 0.05) is 12.6 Å². The fourth-order valence-electron chi connectivity index (χ4n) is 1.54. The number of likely N-dealkylation sites (N-methyl/N-ethyl adjacent to an activating group) is 1. The van der Waals surface area contributed by atoms with Crippen molar-refractivity contribution in [2.24, 2.45) is 0 Å². The van der Waals surface area contributed by atoms with Gasteiger partial charge < -0.3 is 10.2 Å². The summed E-state index contributed by atoms with van der Waals surface area (Å²) in [5, 5.41) is 3.51. The van der Waals surface area contributed by atoms with Crippen LogP contribution in [0.1, 0.15) is 40.5 Å². The Hall–Kier alpha value is -0.0800. The molecular formula is C11H26N2. The first-order valence-corrected chi connectivity index (χ1v) is 5.70. The summed E-state index contributed by atoms with van der Waals surface area (Å²) < 4.78 is 0. The minimum absolute atomic E-state index is 0.631. The molecule has 0 heterocycles. The van der Waals surface area contributed by atoms with Gasteiger partial charge in [-0.05, 0) is 39.4 Å². The van der Waals surface area contributed by atoms with Gasteiger partial charge in [0.1, 0.15) is 0 Å². The lowest BCUT2D eigenvalue weighted by Gasteiger charge is -2.24. The molecule has 0 aromatic heterocycles. The standard InChI is InChI=1S/C11H26N2/c1-5-8-12-11(4)10-13(7-3)9-6-2/h11-12H,5-10H2,1-4H3. The fraction of sp³-hybridized carbons (Fsp3) is 1.00. The molecule has 2 heteroatoms. The van der Waals surface area contributed by atoms with E-state index in [-0.39, 0.29) is 0 Å². The molecule has 0 saturated heterocycles. The van der Waals surface area contributed by atoms with Crippen molar-refractivity contribution in [2.75, 3.05) is 26.2 Å². The van der Waals surface area contributed by atoms with Crippen molar-refractivity contribution < 1.29 is 0 Å². The third-order valence-electron chi connectivity index (χ3n) is 2.26. The molecule has 0 radical (unpaired) electrons. The van der Waals surface area contributed by atoms with Gasteiger partial charge in [0.05, 0.1) is 0 Å². The van der Waals surface area contributed by atoms with Gasteiger partial charge in [0.2, 0.25) is 0 Å². The van der Waals surface area contributed by atoms with Crippen molar-refractivity contribution >= 4 is 0 Å². The maximum absolute atomic E-state index is 3.51. The topological polar surface area (TPSA) is 15.3 Å². The molecule has 0 spiro atoms. The lowest BCUT2D eigenvalue weighted by atomic mass is 10.3. The Morgan fingerprint density at radius 3 is 2.31 bits per heavy atom. The van der Waals surface area contributed by atoms with Crippen LogP contribution in [0, 0.1) is 0 Å². The van der Waals surface area contributed by atoms with Crippen LogP contribution >= 0.6 is 0 Å². The lowest BCUT2D eigenvalue weighted by Crippen LogP contribution is -2.39. The molecule has 1 N–H and O–H groups in total. The van der Waals surface area contributed by atoms with Crippen LogP contribution in [0.25, 0.3) is 0 Å². The fourth-order valence-corrected chi connectivity index (χ4v) is 1.54. The van der Waals surface area contributed by atoms with E-state index in [9.17, 15) is 0 Å². The molecule has 0 aliphatic heterocycles. The predicted octanol–water partition coefficient (Wildman–Crippen LogP) is 2.11. The molecule has 1 unspecified atom stereocenters. The Bertz CT molecular complexity index is 104. The molecule has 0 fully saturated rings. The molecule has 0 rings (SSSR count). The summed E-state index contributed by atoms with van der Waals surface area (Å²) in [5.41, 5.74) is 0. The van der Waals surface area contributed by atoms with Gasteiger partial charge in [-0.25, -0.2) is 0 Å². The number of rotatable bonds is 8. The highest BCUT2D eigenvalue weighted by Crippen LogP contribution is 1.94. The molecule has 13 heavy (non-hydrogen) atoms. The second kappa shape index (κ2) is 8.52. The van der Waals surface area contributed by atoms with Crippen molar-refractivity contribution in [1.29, 1.82) is 0 Å². The average Bonchev–Trinajstić information content (AvgIpc) is 2.14. The zero-order valence-corrected chi connectivity index (χ0v) is 9.77. The Balaban J connectivity index is 3.53. The zero-order chi connectivity index (χ0) is 10.1. The maximum atomic E-state index is 3.51. The van der Waals surface area contributed by atoms with E-state index >= 15 is 0 Å². The summed E-state index contributed by atoms with van der Waals surface area (Å²) in [6.45, 7) is 13.7. The minimum Gasteiger partial charge on any atom is -0.313 e.